The van der Waals surface area contributed by atoms with E-state index in [2.05, 4.69) is 20.8 Å². The maximum Gasteiger partial charge on any atom is 0.177 e. The Morgan fingerprint density at radius 2 is 1.19 bits per heavy atom. The molecule has 0 amide bonds. The second-order valence-electron chi connectivity index (χ2n) is 6.81. The smallest absolute Gasteiger partial charge is 0.177 e. The zero-order chi connectivity index (χ0) is 22.7. The number of anilines is 2. The van der Waals surface area contributed by atoms with E-state index in [1.807, 2.05) is 0 Å². The van der Waals surface area contributed by atoms with Crippen LogP contribution in [0.5, 0.6) is 0 Å². The summed E-state index contributed by atoms with van der Waals surface area (Å²) >= 11 is 17.8. The predicted molar refractivity (Wildman–Crippen MR) is 125 cm³/mol. The summed E-state index contributed by atoms with van der Waals surface area (Å²) in [6.45, 7) is 0.418. The Morgan fingerprint density at radius 1 is 0.781 bits per heavy atom. The van der Waals surface area contributed by atoms with Crippen LogP contribution in [0.15, 0.2) is 60.9 Å². The molecule has 0 spiro atoms. The lowest BCUT2D eigenvalue weighted by Crippen LogP contribution is -2.20. The highest BCUT2D eigenvalue weighted by molar-refractivity contribution is 7.80. The monoisotopic (exact) mass is 492 g/mol. The van der Waals surface area contributed by atoms with Crippen molar-refractivity contribution < 1.29 is 8.78 Å². The molecule has 0 aliphatic heterocycles. The number of nitrogens with zero attached hydrogens (tertiary/aromatic N) is 4. The summed E-state index contributed by atoms with van der Waals surface area (Å²) in [7, 11) is 0. The molecule has 4 aromatic rings. The van der Waals surface area contributed by atoms with Gasteiger partial charge >= 0.3 is 0 Å². The second kappa shape index (κ2) is 9.64. The lowest BCUT2D eigenvalue weighted by Gasteiger charge is -2.07. The van der Waals surface area contributed by atoms with Crippen LogP contribution in [0.2, 0.25) is 10.0 Å². The fraction of sp³-hybridized carbons (Fsp3) is 0.0952. The summed E-state index contributed by atoms with van der Waals surface area (Å²) in [5, 5.41) is 15.1. The number of hydrogen-bond donors (Lipinski definition) is 2. The molecular weight excluding hydrogens is 477 g/mol. The number of aromatic nitrogens is 4. The van der Waals surface area contributed by atoms with Crippen LogP contribution in [-0.2, 0) is 13.1 Å². The molecule has 11 heteroatoms. The molecule has 32 heavy (non-hydrogen) atoms. The number of nitrogens with one attached hydrogen (secondary N) is 2. The number of halogens is 4. The second-order valence-corrected chi connectivity index (χ2v) is 8.03. The van der Waals surface area contributed by atoms with Gasteiger partial charge in [-0.3, -0.25) is 9.36 Å². The van der Waals surface area contributed by atoms with Gasteiger partial charge in [0.25, 0.3) is 0 Å². The predicted octanol–water partition coefficient (Wildman–Crippen LogP) is 5.57. The Labute approximate surface area is 197 Å². The van der Waals surface area contributed by atoms with Crippen molar-refractivity contribution in [3.63, 3.8) is 0 Å². The third kappa shape index (κ3) is 5.24. The van der Waals surface area contributed by atoms with Crippen molar-refractivity contribution in [1.29, 1.82) is 0 Å². The van der Waals surface area contributed by atoms with Crippen LogP contribution >= 0.6 is 35.4 Å². The minimum Gasteiger partial charge on any atom is -0.314 e. The fourth-order valence-electron chi connectivity index (χ4n) is 2.97. The van der Waals surface area contributed by atoms with Crippen molar-refractivity contribution in [2.24, 2.45) is 0 Å². The molecule has 0 saturated carbocycles. The number of hydrogen-bond acceptors (Lipinski definition) is 3. The van der Waals surface area contributed by atoms with Crippen molar-refractivity contribution in [3.8, 4) is 0 Å². The molecule has 0 atom stereocenters. The van der Waals surface area contributed by atoms with E-state index in [1.165, 1.54) is 21.5 Å². The summed E-state index contributed by atoms with van der Waals surface area (Å²) < 4.78 is 30.7. The first-order valence-electron chi connectivity index (χ1n) is 9.40. The van der Waals surface area contributed by atoms with Crippen LogP contribution in [0.1, 0.15) is 11.1 Å². The van der Waals surface area contributed by atoms with E-state index in [1.54, 1.807) is 48.8 Å². The normalized spacial score (nSPS) is 10.9. The van der Waals surface area contributed by atoms with Gasteiger partial charge in [0.05, 0.1) is 13.1 Å². The molecule has 0 saturated heterocycles. The molecule has 2 heterocycles. The molecule has 2 aromatic heterocycles. The van der Waals surface area contributed by atoms with E-state index in [0.29, 0.717) is 32.8 Å². The first-order chi connectivity index (χ1) is 15.4. The Bertz CT molecular complexity index is 1180. The van der Waals surface area contributed by atoms with Crippen molar-refractivity contribution in [3.05, 3.63) is 93.7 Å². The van der Waals surface area contributed by atoms with Crippen LogP contribution < -0.4 is 10.6 Å². The van der Waals surface area contributed by atoms with Crippen LogP contribution in [-0.4, -0.2) is 24.7 Å². The van der Waals surface area contributed by atoms with E-state index in [4.69, 9.17) is 35.4 Å². The first kappa shape index (κ1) is 22.2. The topological polar surface area (TPSA) is 59.7 Å². The summed E-state index contributed by atoms with van der Waals surface area (Å²) in [5.74, 6) is -0.0669. The van der Waals surface area contributed by atoms with Crippen molar-refractivity contribution in [2.75, 3.05) is 10.6 Å². The van der Waals surface area contributed by atoms with Gasteiger partial charge in [-0.25, -0.2) is 8.78 Å². The molecule has 0 fully saturated rings. The highest BCUT2D eigenvalue weighted by Crippen LogP contribution is 2.23. The third-order valence-corrected chi connectivity index (χ3v) is 5.24. The highest BCUT2D eigenvalue weighted by Gasteiger charge is 2.14. The maximum atomic E-state index is 13.9. The quantitative estimate of drug-likeness (QED) is 0.344. The van der Waals surface area contributed by atoms with E-state index in [9.17, 15) is 8.78 Å². The van der Waals surface area contributed by atoms with E-state index in [0.717, 1.165) is 0 Å². The van der Waals surface area contributed by atoms with Gasteiger partial charge in [-0.1, -0.05) is 59.6 Å². The summed E-state index contributed by atoms with van der Waals surface area (Å²) in [6, 6.07) is 12.8. The van der Waals surface area contributed by atoms with Gasteiger partial charge in [-0.05, 0) is 24.4 Å². The van der Waals surface area contributed by atoms with Gasteiger partial charge in [0.15, 0.2) is 16.7 Å². The van der Waals surface area contributed by atoms with Crippen LogP contribution in [0.3, 0.4) is 0 Å². The molecule has 6 nitrogen and oxygen atoms in total. The number of benzene rings is 2. The molecule has 0 aliphatic rings. The Morgan fingerprint density at radius 3 is 1.59 bits per heavy atom. The first-order valence-corrected chi connectivity index (χ1v) is 10.6. The Hall–Kier alpha value is -3.01. The molecule has 4 rings (SSSR count). The summed E-state index contributed by atoms with van der Waals surface area (Å²) in [4.78, 5) is 0. The highest BCUT2D eigenvalue weighted by atomic mass is 35.5. The molecule has 164 valence electrons. The van der Waals surface area contributed by atoms with Gasteiger partial charge < -0.3 is 10.6 Å². The lowest BCUT2D eigenvalue weighted by atomic mass is 10.2. The molecular formula is C21H16Cl2F2N6S. The summed E-state index contributed by atoms with van der Waals surface area (Å²) in [5.41, 5.74) is 0.956. The van der Waals surface area contributed by atoms with E-state index in [-0.39, 0.29) is 29.8 Å². The Kier molecular flexibility index (Phi) is 6.69. The Balaban J connectivity index is 1.41. The van der Waals surface area contributed by atoms with Crippen molar-refractivity contribution in [1.82, 2.24) is 19.6 Å². The lowest BCUT2D eigenvalue weighted by molar-refractivity contribution is 0.586. The standard InChI is InChI=1S/C21H16Cl2F2N6S/c22-15-11-30(9-13-5-1-3-7-17(13)24)28-19(15)26-21(32)27-20-16(23)12-31(29-20)10-14-6-2-4-8-18(14)25/h1-8,11-12H,9-10H2,(H2,26,27,28,29,32). The third-order valence-electron chi connectivity index (χ3n) is 4.48. The molecule has 0 bridgehead atoms. The van der Waals surface area contributed by atoms with E-state index >= 15 is 0 Å². The minimum atomic E-state index is -0.327. The molecule has 0 radical (unpaired) electrons. The molecule has 2 aromatic carbocycles. The number of rotatable bonds is 6. The average Bonchev–Trinajstić information content (AvgIpc) is 3.26. The van der Waals surface area contributed by atoms with Crippen LogP contribution in [0, 0.1) is 11.6 Å². The maximum absolute atomic E-state index is 13.9. The summed E-state index contributed by atoms with van der Waals surface area (Å²) in [6.07, 6.45) is 3.13. The van der Waals surface area contributed by atoms with Gasteiger partial charge in [0.2, 0.25) is 0 Å². The number of thiocarbonyl (C=S) groups is 1. The average molecular weight is 493 g/mol. The zero-order valence-electron chi connectivity index (χ0n) is 16.4. The van der Waals surface area contributed by atoms with E-state index < -0.39 is 0 Å². The molecule has 0 aliphatic carbocycles. The zero-order valence-corrected chi connectivity index (χ0v) is 18.7. The van der Waals surface area contributed by atoms with Gasteiger partial charge in [0.1, 0.15) is 21.7 Å². The van der Waals surface area contributed by atoms with Gasteiger partial charge in [-0.2, -0.15) is 10.2 Å². The van der Waals surface area contributed by atoms with Crippen LogP contribution in [0.4, 0.5) is 20.4 Å². The van der Waals surface area contributed by atoms with Crippen LogP contribution in [0.25, 0.3) is 0 Å². The van der Waals surface area contributed by atoms with Gasteiger partial charge in [-0.15, -0.1) is 0 Å². The molecule has 0 unspecified atom stereocenters. The van der Waals surface area contributed by atoms with Crippen molar-refractivity contribution in [2.45, 2.75) is 13.1 Å². The molecule has 2 N–H and O–H groups in total. The van der Waals surface area contributed by atoms with Crippen molar-refractivity contribution >= 4 is 52.2 Å². The SMILES string of the molecule is Fc1ccccc1Cn1cc(Cl)c(NC(=S)Nc2nn(Cc3ccccc3F)cc2Cl)n1. The fourth-order valence-corrected chi connectivity index (χ4v) is 3.56. The van der Waals surface area contributed by atoms with Gasteiger partial charge in [0, 0.05) is 23.5 Å². The largest absolute Gasteiger partial charge is 0.314 e. The minimum absolute atomic E-state index is 0.154.